The molecule has 0 aromatic carbocycles. The van der Waals surface area contributed by atoms with Crippen LogP contribution in [0.1, 0.15) is 25.7 Å². The summed E-state index contributed by atoms with van der Waals surface area (Å²) in [6.45, 7) is 4.33. The number of hydrogen-bond acceptors (Lipinski definition) is 5. The van der Waals surface area contributed by atoms with E-state index in [0.717, 1.165) is 0 Å². The Bertz CT molecular complexity index is 744. The molecule has 6 nitrogen and oxygen atoms in total. The first-order valence-corrected chi connectivity index (χ1v) is 9.09. The van der Waals surface area contributed by atoms with E-state index in [1.54, 1.807) is 12.2 Å². The van der Waals surface area contributed by atoms with Gasteiger partial charge in [-0.2, -0.15) is 0 Å². The SMILES string of the molecule is C=CC[N+]1([O-])CC[C@@]23C4C5=C(O)C=CC4C[C@@H]1[C@]2(O)CCC(=O)[C@@H]3O5. The number of quaternary nitrogens is 1. The third-order valence-electron chi connectivity index (χ3n) is 7.54. The highest BCUT2D eigenvalue weighted by Crippen LogP contribution is 2.70. The van der Waals surface area contributed by atoms with Gasteiger partial charge in [0.15, 0.2) is 17.6 Å². The Morgan fingerprint density at radius 3 is 3.04 bits per heavy atom. The minimum absolute atomic E-state index is 0.00337. The number of hydroxylamine groups is 3. The summed E-state index contributed by atoms with van der Waals surface area (Å²) in [5, 5.41) is 35.7. The average molecular weight is 345 g/mol. The summed E-state index contributed by atoms with van der Waals surface area (Å²) in [4.78, 5) is 12.7. The van der Waals surface area contributed by atoms with E-state index >= 15 is 0 Å². The normalized spacial score (nSPS) is 52.6. The molecule has 2 saturated carbocycles. The number of ketones is 1. The summed E-state index contributed by atoms with van der Waals surface area (Å²) in [7, 11) is 0. The molecule has 134 valence electrons. The van der Waals surface area contributed by atoms with Crippen LogP contribution in [-0.2, 0) is 9.53 Å². The van der Waals surface area contributed by atoms with Crippen molar-refractivity contribution in [2.24, 2.45) is 17.3 Å². The second-order valence-corrected chi connectivity index (χ2v) is 8.33. The van der Waals surface area contributed by atoms with Gasteiger partial charge < -0.3 is 24.8 Å². The van der Waals surface area contributed by atoms with Crippen molar-refractivity contribution in [3.63, 3.8) is 0 Å². The van der Waals surface area contributed by atoms with E-state index in [4.69, 9.17) is 4.74 Å². The first-order valence-electron chi connectivity index (χ1n) is 9.09. The first kappa shape index (κ1) is 15.6. The quantitative estimate of drug-likeness (QED) is 0.452. The van der Waals surface area contributed by atoms with E-state index in [1.807, 2.05) is 6.08 Å². The number of ether oxygens (including phenoxy) is 1. The third-order valence-corrected chi connectivity index (χ3v) is 7.54. The predicted octanol–water partition coefficient (Wildman–Crippen LogP) is 1.71. The molecule has 0 aromatic heterocycles. The number of carbonyl (C=O) groups is 1. The summed E-state index contributed by atoms with van der Waals surface area (Å²) in [6, 6.07) is -0.496. The van der Waals surface area contributed by atoms with Gasteiger partial charge in [0.25, 0.3) is 0 Å². The van der Waals surface area contributed by atoms with Crippen LogP contribution in [-0.4, -0.2) is 51.5 Å². The van der Waals surface area contributed by atoms with Crippen LogP contribution in [0.5, 0.6) is 0 Å². The van der Waals surface area contributed by atoms with Gasteiger partial charge in [0.05, 0.1) is 18.5 Å². The summed E-state index contributed by atoms with van der Waals surface area (Å²) in [6.07, 6.45) is 5.90. The van der Waals surface area contributed by atoms with Gasteiger partial charge in [-0.1, -0.05) is 12.7 Å². The molecule has 2 saturated heterocycles. The minimum atomic E-state index is -1.25. The number of carbonyl (C=O) groups excluding carboxylic acids is 1. The van der Waals surface area contributed by atoms with E-state index in [0.29, 0.717) is 31.6 Å². The summed E-state index contributed by atoms with van der Waals surface area (Å²) in [5.41, 5.74) is -2.04. The number of Topliss-reactive ketones (excluding diaryl/α,β-unsaturated/α-hetero) is 1. The average Bonchev–Trinajstić information content (AvgIpc) is 2.93. The van der Waals surface area contributed by atoms with E-state index in [9.17, 15) is 20.2 Å². The van der Waals surface area contributed by atoms with Gasteiger partial charge in [0.2, 0.25) is 0 Å². The molecular formula is C19H23NO5. The maximum Gasteiger partial charge on any atom is 0.174 e. The van der Waals surface area contributed by atoms with Crippen LogP contribution in [0.25, 0.3) is 0 Å². The maximum absolute atomic E-state index is 13.6. The third kappa shape index (κ3) is 1.55. The van der Waals surface area contributed by atoms with Crippen molar-refractivity contribution in [1.82, 2.24) is 0 Å². The Hall–Kier alpha value is -1.63. The molecule has 5 rings (SSSR count). The van der Waals surface area contributed by atoms with Gasteiger partial charge in [-0.25, -0.2) is 0 Å². The van der Waals surface area contributed by atoms with Gasteiger partial charge in [-0.15, -0.1) is 0 Å². The second kappa shape index (κ2) is 4.55. The minimum Gasteiger partial charge on any atom is -0.632 e. The van der Waals surface area contributed by atoms with Crippen molar-refractivity contribution in [3.8, 4) is 0 Å². The van der Waals surface area contributed by atoms with Crippen molar-refractivity contribution >= 4 is 5.78 Å². The molecule has 0 radical (unpaired) electrons. The van der Waals surface area contributed by atoms with Crippen molar-refractivity contribution in [2.45, 2.75) is 43.4 Å². The van der Waals surface area contributed by atoms with Crippen molar-refractivity contribution in [1.29, 1.82) is 0 Å². The molecule has 2 bridgehead atoms. The van der Waals surface area contributed by atoms with Gasteiger partial charge in [-0.05, 0) is 24.5 Å². The number of likely N-dealkylation sites (tertiary alicyclic amines) is 1. The highest BCUT2D eigenvalue weighted by Gasteiger charge is 2.79. The highest BCUT2D eigenvalue weighted by atomic mass is 16.6. The fourth-order valence-electron chi connectivity index (χ4n) is 6.63. The molecule has 6 heteroatoms. The summed E-state index contributed by atoms with van der Waals surface area (Å²) >= 11 is 0. The zero-order chi connectivity index (χ0) is 17.6. The number of rotatable bonds is 2. The number of aliphatic hydroxyl groups is 2. The van der Waals surface area contributed by atoms with Crippen molar-refractivity contribution in [2.75, 3.05) is 13.1 Å². The summed E-state index contributed by atoms with van der Waals surface area (Å²) in [5.74, 6) is 0.264. The largest absolute Gasteiger partial charge is 0.632 e. The number of nitrogens with zero attached hydrogens (tertiary/aromatic N) is 1. The topological polar surface area (TPSA) is 89.8 Å². The number of piperidine rings is 1. The molecule has 2 heterocycles. The van der Waals surface area contributed by atoms with Crippen LogP contribution in [0.4, 0.5) is 0 Å². The van der Waals surface area contributed by atoms with Gasteiger partial charge in [0.1, 0.15) is 17.4 Å². The van der Waals surface area contributed by atoms with Crippen molar-refractivity contribution < 1.29 is 24.4 Å². The Kier molecular flexibility index (Phi) is 2.84. The van der Waals surface area contributed by atoms with Crippen LogP contribution in [0.2, 0.25) is 0 Å². The van der Waals surface area contributed by atoms with E-state index in [1.165, 1.54) is 0 Å². The van der Waals surface area contributed by atoms with Crippen LogP contribution in [0.15, 0.2) is 36.3 Å². The molecule has 3 aliphatic carbocycles. The van der Waals surface area contributed by atoms with Gasteiger partial charge in [0, 0.05) is 25.2 Å². The lowest BCUT2D eigenvalue weighted by Gasteiger charge is -2.69. The summed E-state index contributed by atoms with van der Waals surface area (Å²) < 4.78 is 5.50. The molecule has 0 amide bonds. The Morgan fingerprint density at radius 2 is 2.28 bits per heavy atom. The molecular weight excluding hydrogens is 322 g/mol. The Morgan fingerprint density at radius 1 is 1.48 bits per heavy atom. The highest BCUT2D eigenvalue weighted by molar-refractivity contribution is 5.86. The molecule has 25 heavy (non-hydrogen) atoms. The first-order chi connectivity index (χ1) is 11.9. The lowest BCUT2D eigenvalue weighted by atomic mass is 9.44. The molecule has 2 aliphatic heterocycles. The van der Waals surface area contributed by atoms with Gasteiger partial charge in [-0.3, -0.25) is 4.79 Å². The standard InChI is InChI=1S/C19H23NO5/c1-2-8-20(24)9-7-18-15-11-3-4-12(21)16(15)25-17(18)13(22)5-6-19(18,23)14(20)10-11/h2-4,11,14-15,17,21,23H,1,5-10H2/t11?,14-,15?,17+,18+,19-,20?/m1/s1. The maximum atomic E-state index is 13.6. The Labute approximate surface area is 146 Å². The fourth-order valence-corrected chi connectivity index (χ4v) is 6.63. The molecule has 3 unspecified atom stereocenters. The van der Waals surface area contributed by atoms with E-state index < -0.39 is 27.8 Å². The van der Waals surface area contributed by atoms with Crippen LogP contribution in [0.3, 0.4) is 0 Å². The second-order valence-electron chi connectivity index (χ2n) is 8.33. The van der Waals surface area contributed by atoms with E-state index in [2.05, 4.69) is 6.58 Å². The van der Waals surface area contributed by atoms with Crippen molar-refractivity contribution in [3.05, 3.63) is 41.5 Å². The lowest BCUT2D eigenvalue weighted by Crippen LogP contribution is -2.80. The van der Waals surface area contributed by atoms with Crippen LogP contribution in [0, 0.1) is 22.5 Å². The van der Waals surface area contributed by atoms with E-state index in [-0.39, 0.29) is 36.3 Å². The molecule has 1 spiro atoms. The zero-order valence-corrected chi connectivity index (χ0v) is 14.1. The molecule has 2 N–H and O–H groups in total. The molecule has 0 aromatic rings. The van der Waals surface area contributed by atoms with Gasteiger partial charge >= 0.3 is 0 Å². The zero-order valence-electron chi connectivity index (χ0n) is 14.1. The van der Waals surface area contributed by atoms with Crippen LogP contribution < -0.4 is 0 Å². The number of hydrogen-bond donors (Lipinski definition) is 2. The monoisotopic (exact) mass is 345 g/mol. The van der Waals surface area contributed by atoms with Crippen LogP contribution >= 0.6 is 0 Å². The Balaban J connectivity index is 1.74. The number of aliphatic hydroxyl groups excluding tert-OH is 1. The molecule has 7 atom stereocenters. The lowest BCUT2D eigenvalue weighted by molar-refractivity contribution is -0.921. The fraction of sp³-hybridized carbons (Fsp3) is 0.632. The molecule has 5 aliphatic rings. The predicted molar refractivity (Wildman–Crippen MR) is 88.9 cm³/mol. The smallest absolute Gasteiger partial charge is 0.174 e. The molecule has 4 fully saturated rings. The number of allylic oxidation sites excluding steroid dienone is 3.